The number of benzene rings is 1. The summed E-state index contributed by atoms with van der Waals surface area (Å²) in [5, 5.41) is 0. The van der Waals surface area contributed by atoms with E-state index < -0.39 is 36.4 Å². The Balaban J connectivity index is 1.83. The van der Waals surface area contributed by atoms with Crippen LogP contribution < -0.4 is 0 Å². The third-order valence-corrected chi connectivity index (χ3v) is 17.1. The van der Waals surface area contributed by atoms with Gasteiger partial charge in [0, 0.05) is 0 Å². The third-order valence-electron chi connectivity index (χ3n) is 3.69. The van der Waals surface area contributed by atoms with Crippen molar-refractivity contribution >= 4 is 42.5 Å². The fourth-order valence-corrected chi connectivity index (χ4v) is 16.5. The van der Waals surface area contributed by atoms with Gasteiger partial charge in [-0.15, -0.1) is 0 Å². The average molecular weight is 385 g/mol. The molecule has 4 nitrogen and oxygen atoms in total. The fourth-order valence-electron chi connectivity index (χ4n) is 2.68. The van der Waals surface area contributed by atoms with Crippen LogP contribution in [0.4, 0.5) is 0 Å². The maximum absolute atomic E-state index is 6.30. The summed E-state index contributed by atoms with van der Waals surface area (Å²) in [5.41, 5.74) is 2.51. The maximum atomic E-state index is 6.30. The first-order valence-corrected chi connectivity index (χ1v) is 16.7. The molecule has 128 valence electrons. The lowest BCUT2D eigenvalue weighted by atomic mass is 10.1. The molecule has 1 unspecified atom stereocenters. The van der Waals surface area contributed by atoms with Gasteiger partial charge in [0.05, 0.1) is 0 Å². The van der Waals surface area contributed by atoms with Crippen molar-refractivity contribution in [2.45, 2.75) is 45.1 Å². The molecule has 1 aliphatic heterocycles. The molecule has 0 N–H and O–H groups in total. The van der Waals surface area contributed by atoms with Crippen LogP contribution in [-0.4, -0.2) is 36.4 Å². The molecule has 0 bridgehead atoms. The van der Waals surface area contributed by atoms with E-state index in [1.54, 1.807) is 0 Å². The van der Waals surface area contributed by atoms with Crippen molar-refractivity contribution in [3.8, 4) is 0 Å². The van der Waals surface area contributed by atoms with Crippen LogP contribution in [0.1, 0.15) is 17.5 Å². The van der Waals surface area contributed by atoms with Crippen molar-refractivity contribution in [1.29, 1.82) is 0 Å². The van der Waals surface area contributed by atoms with E-state index in [0.29, 0.717) is 0 Å². The Morgan fingerprint density at radius 2 is 1.83 bits per heavy atom. The second-order valence-electron chi connectivity index (χ2n) is 6.72. The molecule has 0 aliphatic carbocycles. The Labute approximate surface area is 146 Å². The highest BCUT2D eigenvalue weighted by atomic mass is 28.5. The standard InChI is InChI=1S/C15H28O4Si4/c1-6-14-9-11-15(12-10-14)8-7-13-21-16-20-17-22(2,3)19-23(4,5)18-21/h6,9-12,21H,1,7-8,13,20H2,2-5H3. The van der Waals surface area contributed by atoms with E-state index in [-0.39, 0.29) is 0 Å². The summed E-state index contributed by atoms with van der Waals surface area (Å²) >= 11 is 0. The Bertz CT molecular complexity index is 519. The summed E-state index contributed by atoms with van der Waals surface area (Å²) < 4.78 is 24.5. The van der Waals surface area contributed by atoms with Crippen LogP contribution >= 0.6 is 0 Å². The lowest BCUT2D eigenvalue weighted by molar-refractivity contribution is 0.271. The molecule has 0 radical (unpaired) electrons. The zero-order valence-corrected chi connectivity index (χ0v) is 19.2. The van der Waals surface area contributed by atoms with Crippen molar-refractivity contribution in [2.24, 2.45) is 0 Å². The normalized spacial score (nSPS) is 24.8. The third kappa shape index (κ3) is 6.59. The topological polar surface area (TPSA) is 36.9 Å². The largest absolute Gasteiger partial charge is 0.422 e. The van der Waals surface area contributed by atoms with Gasteiger partial charge in [-0.2, -0.15) is 0 Å². The van der Waals surface area contributed by atoms with E-state index in [1.165, 1.54) is 5.56 Å². The van der Waals surface area contributed by atoms with Crippen molar-refractivity contribution in [3.05, 3.63) is 42.0 Å². The molecule has 1 saturated heterocycles. The number of hydrogen-bond donors (Lipinski definition) is 0. The number of hydrogen-bond acceptors (Lipinski definition) is 4. The summed E-state index contributed by atoms with van der Waals surface area (Å²) in [4.78, 5) is 0. The summed E-state index contributed by atoms with van der Waals surface area (Å²) in [5.74, 6) is 0. The minimum atomic E-state index is -2.13. The molecular formula is C15H28O4Si4. The molecule has 0 amide bonds. The molecule has 1 aromatic rings. The smallest absolute Gasteiger partial charge is 0.313 e. The van der Waals surface area contributed by atoms with Crippen LogP contribution in [0.15, 0.2) is 30.8 Å². The summed E-state index contributed by atoms with van der Waals surface area (Å²) in [6, 6.07) is 9.58. The van der Waals surface area contributed by atoms with E-state index in [2.05, 4.69) is 57.0 Å². The lowest BCUT2D eigenvalue weighted by Crippen LogP contribution is -2.55. The summed E-state index contributed by atoms with van der Waals surface area (Å²) in [6.45, 7) is 12.2. The summed E-state index contributed by atoms with van der Waals surface area (Å²) in [6.07, 6.45) is 4.01. The molecule has 0 aromatic heterocycles. The van der Waals surface area contributed by atoms with Crippen LogP contribution in [0.3, 0.4) is 0 Å². The van der Waals surface area contributed by atoms with E-state index in [1.807, 2.05) is 6.08 Å². The molecule has 23 heavy (non-hydrogen) atoms. The van der Waals surface area contributed by atoms with Crippen LogP contribution in [0.5, 0.6) is 0 Å². The van der Waals surface area contributed by atoms with E-state index >= 15 is 0 Å². The first-order valence-electron chi connectivity index (χ1n) is 8.15. The van der Waals surface area contributed by atoms with Gasteiger partial charge in [0.15, 0.2) is 0 Å². The highest BCUT2D eigenvalue weighted by Crippen LogP contribution is 2.22. The second-order valence-corrected chi connectivity index (χ2v) is 18.2. The van der Waals surface area contributed by atoms with Crippen LogP contribution in [0, 0.1) is 0 Å². The summed E-state index contributed by atoms with van der Waals surface area (Å²) in [7, 11) is -6.80. The predicted molar refractivity (Wildman–Crippen MR) is 105 cm³/mol. The lowest BCUT2D eigenvalue weighted by Gasteiger charge is -2.38. The van der Waals surface area contributed by atoms with Gasteiger partial charge >= 0.3 is 26.4 Å². The van der Waals surface area contributed by atoms with Crippen LogP contribution in [0.2, 0.25) is 32.2 Å². The zero-order chi connectivity index (χ0) is 16.9. The molecule has 0 spiro atoms. The molecule has 2 rings (SSSR count). The van der Waals surface area contributed by atoms with Gasteiger partial charge in [-0.1, -0.05) is 36.9 Å². The monoisotopic (exact) mass is 384 g/mol. The van der Waals surface area contributed by atoms with Crippen molar-refractivity contribution in [2.75, 3.05) is 0 Å². The van der Waals surface area contributed by atoms with Crippen LogP contribution in [0.25, 0.3) is 6.08 Å². The Morgan fingerprint density at radius 1 is 1.13 bits per heavy atom. The SMILES string of the molecule is C=Cc1ccc(CCC[SiH]2O[SiH2]O[Si](C)(C)O[Si](C)(C)O2)cc1. The Kier molecular flexibility index (Phi) is 6.74. The highest BCUT2D eigenvalue weighted by Gasteiger charge is 2.40. The average Bonchev–Trinajstić information content (AvgIpc) is 2.44. The van der Waals surface area contributed by atoms with Crippen molar-refractivity contribution in [3.63, 3.8) is 0 Å². The molecule has 8 heteroatoms. The molecule has 1 atom stereocenters. The van der Waals surface area contributed by atoms with Crippen LogP contribution in [-0.2, 0) is 22.9 Å². The minimum Gasteiger partial charge on any atom is -0.422 e. The van der Waals surface area contributed by atoms with Gasteiger partial charge in [-0.25, -0.2) is 0 Å². The molecular weight excluding hydrogens is 357 g/mol. The predicted octanol–water partition coefficient (Wildman–Crippen LogP) is 2.97. The maximum Gasteiger partial charge on any atom is 0.313 e. The van der Waals surface area contributed by atoms with Crippen molar-refractivity contribution in [1.82, 2.24) is 0 Å². The minimum absolute atomic E-state index is 0.963. The van der Waals surface area contributed by atoms with Gasteiger partial charge < -0.3 is 16.5 Å². The zero-order valence-electron chi connectivity index (χ0n) is 14.6. The molecule has 1 heterocycles. The van der Waals surface area contributed by atoms with Gasteiger partial charge in [-0.3, -0.25) is 0 Å². The number of aryl methyl sites for hydroxylation is 1. The van der Waals surface area contributed by atoms with E-state index in [9.17, 15) is 0 Å². The first-order chi connectivity index (χ1) is 10.8. The second kappa shape index (κ2) is 8.17. The fraction of sp³-hybridized carbons (Fsp3) is 0.467. The van der Waals surface area contributed by atoms with Gasteiger partial charge in [0.25, 0.3) is 10.0 Å². The number of rotatable bonds is 5. The van der Waals surface area contributed by atoms with Gasteiger partial charge in [0.1, 0.15) is 0 Å². The molecule has 0 saturated carbocycles. The molecule has 1 aliphatic rings. The Hall–Kier alpha value is -0.332. The quantitative estimate of drug-likeness (QED) is 0.731. The van der Waals surface area contributed by atoms with Gasteiger partial charge in [0.2, 0.25) is 0 Å². The Morgan fingerprint density at radius 3 is 2.48 bits per heavy atom. The van der Waals surface area contributed by atoms with Gasteiger partial charge in [-0.05, 0) is 56.2 Å². The van der Waals surface area contributed by atoms with Crippen molar-refractivity contribution < 1.29 is 16.5 Å². The molecule has 1 fully saturated rings. The van der Waals surface area contributed by atoms with E-state index in [0.717, 1.165) is 24.4 Å². The van der Waals surface area contributed by atoms with E-state index in [4.69, 9.17) is 16.5 Å². The molecule has 1 aromatic carbocycles. The first kappa shape index (κ1) is 19.0. The highest BCUT2D eigenvalue weighted by molar-refractivity contribution is 6.84.